The van der Waals surface area contributed by atoms with Crippen LogP contribution in [0.3, 0.4) is 0 Å². The molecule has 2 aliphatic heterocycles. The van der Waals surface area contributed by atoms with Gasteiger partial charge >= 0.3 is 0 Å². The molecule has 86 valence electrons. The van der Waals surface area contributed by atoms with Crippen molar-refractivity contribution in [1.29, 1.82) is 0 Å². The first-order chi connectivity index (χ1) is 7.58. The van der Waals surface area contributed by atoms with E-state index >= 15 is 0 Å². The van der Waals surface area contributed by atoms with Crippen LogP contribution in [0, 0.1) is 0 Å². The molecule has 0 saturated heterocycles. The summed E-state index contributed by atoms with van der Waals surface area (Å²) < 4.78 is 0. The van der Waals surface area contributed by atoms with Gasteiger partial charge in [0.15, 0.2) is 0 Å². The third kappa shape index (κ3) is 2.04. The van der Waals surface area contributed by atoms with Crippen molar-refractivity contribution < 1.29 is 0 Å². The van der Waals surface area contributed by atoms with Crippen molar-refractivity contribution in [2.24, 2.45) is 5.73 Å². The second-order valence-electron chi connectivity index (χ2n) is 4.48. The highest BCUT2D eigenvalue weighted by atomic mass is 15.1. The Kier molecular flexibility index (Phi) is 2.88. The van der Waals surface area contributed by atoms with Gasteiger partial charge in [0, 0.05) is 30.2 Å². The second-order valence-corrected chi connectivity index (χ2v) is 4.48. The minimum absolute atomic E-state index is 0.818. The van der Waals surface area contributed by atoms with Crippen molar-refractivity contribution in [2.45, 2.75) is 13.3 Å². The van der Waals surface area contributed by atoms with Crippen molar-refractivity contribution >= 4 is 0 Å². The fraction of sp³-hybridized carbons (Fsp3) is 0.385. The number of dihydropyridines is 1. The molecule has 0 spiro atoms. The number of hydrogen-bond acceptors (Lipinski definition) is 3. The Balaban J connectivity index is 2.24. The van der Waals surface area contributed by atoms with Crippen LogP contribution in [-0.2, 0) is 0 Å². The maximum absolute atomic E-state index is 5.96. The van der Waals surface area contributed by atoms with Crippen LogP contribution in [0.15, 0.2) is 47.0 Å². The van der Waals surface area contributed by atoms with Crippen LogP contribution in [0.25, 0.3) is 0 Å². The Labute approximate surface area is 97.0 Å². The number of nitrogens with two attached hydrogens (primary N) is 1. The predicted molar refractivity (Wildman–Crippen MR) is 67.4 cm³/mol. The van der Waals surface area contributed by atoms with Gasteiger partial charge in [-0.2, -0.15) is 0 Å². The fourth-order valence-corrected chi connectivity index (χ4v) is 1.92. The number of allylic oxidation sites excluding steroid dienone is 3. The van der Waals surface area contributed by atoms with Crippen LogP contribution in [-0.4, -0.2) is 25.0 Å². The average Bonchev–Trinajstić information content (AvgIpc) is 2.26. The molecule has 0 aromatic rings. The summed E-state index contributed by atoms with van der Waals surface area (Å²) in [6.45, 7) is 8.07. The van der Waals surface area contributed by atoms with Crippen molar-refractivity contribution in [1.82, 2.24) is 10.2 Å². The number of hydrogen-bond donors (Lipinski definition) is 2. The molecule has 3 N–H and O–H groups in total. The number of likely N-dealkylation sites (N-methyl/N-ethyl adjacent to an activating group) is 1. The van der Waals surface area contributed by atoms with E-state index in [0.29, 0.717) is 0 Å². The lowest BCUT2D eigenvalue weighted by Crippen LogP contribution is -2.28. The minimum atomic E-state index is 0.818. The van der Waals surface area contributed by atoms with Gasteiger partial charge in [0.25, 0.3) is 0 Å². The average molecular weight is 217 g/mol. The first kappa shape index (κ1) is 11.0. The normalized spacial score (nSPS) is 22.8. The summed E-state index contributed by atoms with van der Waals surface area (Å²) in [5, 5.41) is 3.32. The minimum Gasteiger partial charge on any atom is -0.398 e. The van der Waals surface area contributed by atoms with Crippen LogP contribution in [0.4, 0.5) is 0 Å². The first-order valence-electron chi connectivity index (χ1n) is 5.60. The maximum atomic E-state index is 5.96. The predicted octanol–water partition coefficient (Wildman–Crippen LogP) is 1.48. The van der Waals surface area contributed by atoms with E-state index in [1.165, 1.54) is 5.57 Å². The highest BCUT2D eigenvalue weighted by molar-refractivity contribution is 5.48. The molecule has 0 bridgehead atoms. The van der Waals surface area contributed by atoms with Gasteiger partial charge < -0.3 is 16.0 Å². The summed E-state index contributed by atoms with van der Waals surface area (Å²) in [6.07, 6.45) is 5.33. The molecule has 0 saturated carbocycles. The zero-order valence-electron chi connectivity index (χ0n) is 10.0. The zero-order chi connectivity index (χ0) is 11.7. The van der Waals surface area contributed by atoms with E-state index in [2.05, 4.69) is 29.9 Å². The van der Waals surface area contributed by atoms with Gasteiger partial charge in [0.05, 0.1) is 0 Å². The van der Waals surface area contributed by atoms with E-state index in [9.17, 15) is 0 Å². The summed E-state index contributed by atoms with van der Waals surface area (Å²) in [4.78, 5) is 2.30. The highest BCUT2D eigenvalue weighted by Crippen LogP contribution is 2.24. The van der Waals surface area contributed by atoms with Crippen molar-refractivity contribution in [3.8, 4) is 0 Å². The Morgan fingerprint density at radius 1 is 1.50 bits per heavy atom. The summed E-state index contributed by atoms with van der Waals surface area (Å²) in [6, 6.07) is 0. The van der Waals surface area contributed by atoms with Gasteiger partial charge in [-0.05, 0) is 37.6 Å². The molecule has 3 nitrogen and oxygen atoms in total. The third-order valence-corrected chi connectivity index (χ3v) is 3.23. The van der Waals surface area contributed by atoms with Crippen LogP contribution in [0.5, 0.6) is 0 Å². The molecule has 2 heterocycles. The molecule has 0 unspecified atom stereocenters. The lowest BCUT2D eigenvalue weighted by atomic mass is 9.99. The van der Waals surface area contributed by atoms with Crippen LogP contribution in [0.1, 0.15) is 13.3 Å². The molecular weight excluding hydrogens is 198 g/mol. The number of rotatable bonds is 1. The zero-order valence-corrected chi connectivity index (χ0v) is 10.0. The summed E-state index contributed by atoms with van der Waals surface area (Å²) >= 11 is 0. The first-order valence-corrected chi connectivity index (χ1v) is 5.60. The monoisotopic (exact) mass is 217 g/mol. The van der Waals surface area contributed by atoms with Crippen molar-refractivity contribution in [3.63, 3.8) is 0 Å². The largest absolute Gasteiger partial charge is 0.398 e. The molecule has 3 heteroatoms. The molecule has 2 rings (SSSR count). The van der Waals surface area contributed by atoms with Gasteiger partial charge in [0.1, 0.15) is 0 Å². The van der Waals surface area contributed by atoms with Crippen LogP contribution < -0.4 is 11.1 Å². The van der Waals surface area contributed by atoms with Gasteiger partial charge in [-0.25, -0.2) is 0 Å². The Bertz CT molecular complexity index is 413. The van der Waals surface area contributed by atoms with Crippen LogP contribution >= 0.6 is 0 Å². The van der Waals surface area contributed by atoms with E-state index in [1.54, 1.807) is 0 Å². The van der Waals surface area contributed by atoms with Gasteiger partial charge in [-0.1, -0.05) is 12.7 Å². The lowest BCUT2D eigenvalue weighted by molar-refractivity contribution is 0.360. The smallest absolute Gasteiger partial charge is 0.0435 e. The molecule has 16 heavy (non-hydrogen) atoms. The molecule has 0 aromatic carbocycles. The van der Waals surface area contributed by atoms with Crippen molar-refractivity contribution in [3.05, 3.63) is 47.0 Å². The SMILES string of the molecule is C=C1NC(C2=CCN(C)CC2)=CC(N)=C1C. The van der Waals surface area contributed by atoms with Gasteiger partial charge in [-0.15, -0.1) is 0 Å². The lowest BCUT2D eigenvalue weighted by Gasteiger charge is -2.27. The maximum Gasteiger partial charge on any atom is 0.0435 e. The summed E-state index contributed by atoms with van der Waals surface area (Å²) in [5.41, 5.74) is 11.2. The Hall–Kier alpha value is -1.48. The fourth-order valence-electron chi connectivity index (χ4n) is 1.92. The van der Waals surface area contributed by atoms with Crippen LogP contribution in [0.2, 0.25) is 0 Å². The van der Waals surface area contributed by atoms with Gasteiger partial charge in [-0.3, -0.25) is 0 Å². The topological polar surface area (TPSA) is 41.3 Å². The van der Waals surface area contributed by atoms with E-state index in [-0.39, 0.29) is 0 Å². The number of nitrogens with zero attached hydrogens (tertiary/aromatic N) is 1. The molecule has 0 fully saturated rings. The van der Waals surface area contributed by atoms with E-state index in [1.807, 2.05) is 13.0 Å². The number of nitrogens with one attached hydrogen (secondary N) is 1. The molecular formula is C13H19N3. The molecule has 0 radical (unpaired) electrons. The van der Waals surface area contributed by atoms with Crippen molar-refractivity contribution in [2.75, 3.05) is 20.1 Å². The quantitative estimate of drug-likeness (QED) is 0.699. The molecule has 0 atom stereocenters. The molecule has 2 aliphatic rings. The Morgan fingerprint density at radius 3 is 2.81 bits per heavy atom. The summed E-state index contributed by atoms with van der Waals surface area (Å²) in [5.74, 6) is 0. The van der Waals surface area contributed by atoms with E-state index in [4.69, 9.17) is 5.73 Å². The molecule has 0 aromatic heterocycles. The van der Waals surface area contributed by atoms with E-state index in [0.717, 1.165) is 42.2 Å². The van der Waals surface area contributed by atoms with E-state index < -0.39 is 0 Å². The molecule has 0 aliphatic carbocycles. The Morgan fingerprint density at radius 2 is 2.25 bits per heavy atom. The standard InChI is InChI=1S/C13H19N3/c1-9-10(2)15-13(8-12(9)14)11-4-6-16(3)7-5-11/h4,8,15H,2,5-7,14H2,1,3H3. The highest BCUT2D eigenvalue weighted by Gasteiger charge is 2.16. The second kappa shape index (κ2) is 4.18. The summed E-state index contributed by atoms with van der Waals surface area (Å²) in [7, 11) is 2.13. The molecule has 0 amide bonds. The third-order valence-electron chi connectivity index (χ3n) is 3.23. The van der Waals surface area contributed by atoms with Gasteiger partial charge in [0.2, 0.25) is 0 Å².